The highest BCUT2D eigenvalue weighted by molar-refractivity contribution is 5.66. The molecule has 4 rings (SSSR count). The topological polar surface area (TPSA) is 87.0 Å². The lowest BCUT2D eigenvalue weighted by Gasteiger charge is -2.60. The maximum absolute atomic E-state index is 11.5. The largest absolute Gasteiger partial charge is 0.498 e. The summed E-state index contributed by atoms with van der Waals surface area (Å²) in [4.78, 5) is 11.1. The minimum Gasteiger partial charge on any atom is -0.498 e. The number of ether oxygens (including phenoxy) is 1. The molecule has 5 heteroatoms. The van der Waals surface area contributed by atoms with Gasteiger partial charge in [0.1, 0.15) is 0 Å². The monoisotopic (exact) mass is 404 g/mol. The lowest BCUT2D eigenvalue weighted by molar-refractivity contribution is -0.170. The van der Waals surface area contributed by atoms with E-state index in [1.54, 1.807) is 0 Å². The normalized spacial score (nSPS) is 46.1. The molecular formula is C24H36O5. The predicted octanol–water partition coefficient (Wildman–Crippen LogP) is 4.05. The van der Waals surface area contributed by atoms with Gasteiger partial charge in [0, 0.05) is 18.3 Å². The highest BCUT2D eigenvalue weighted by atomic mass is 16.5. The van der Waals surface area contributed by atoms with Gasteiger partial charge in [0.15, 0.2) is 0 Å². The first kappa shape index (κ1) is 20.9. The Kier molecular flexibility index (Phi) is 5.14. The minimum absolute atomic E-state index is 0.0181. The molecule has 0 aliphatic heterocycles. The van der Waals surface area contributed by atoms with Crippen LogP contribution in [0.25, 0.3) is 0 Å². The molecule has 0 aromatic rings. The molecule has 2 fully saturated rings. The first-order valence-electron chi connectivity index (χ1n) is 11.3. The SMILES string of the molecule is CCOC1=CC2=CC[C@@H]3[C@H]([C@H](O)C[C@@]4(C)[C@H]3CC[C@]4(O)CCC(=O)O)[C@@]2(C)CC1. The van der Waals surface area contributed by atoms with Crippen molar-refractivity contribution >= 4 is 5.97 Å². The van der Waals surface area contributed by atoms with Crippen molar-refractivity contribution < 1.29 is 24.9 Å². The smallest absolute Gasteiger partial charge is 0.303 e. The number of fused-ring (bicyclic) bond motifs is 5. The van der Waals surface area contributed by atoms with Gasteiger partial charge in [-0.3, -0.25) is 4.79 Å². The van der Waals surface area contributed by atoms with Gasteiger partial charge in [0.2, 0.25) is 0 Å². The van der Waals surface area contributed by atoms with E-state index in [-0.39, 0.29) is 24.2 Å². The second-order valence-corrected chi connectivity index (χ2v) is 10.3. The van der Waals surface area contributed by atoms with E-state index in [0.717, 1.165) is 31.4 Å². The standard InChI is InChI=1S/C24H36O5/c1-4-29-16-7-10-22(2)15(13-16)5-6-17-18-8-11-24(28,12-9-20(26)27)23(18,3)14-19(25)21(17)22/h5,13,17-19,21,25,28H,4,6-12,14H2,1-3H3,(H,26,27)/t17-,18-,19+,21+,22-,23-,24-/m0/s1. The van der Waals surface area contributed by atoms with Gasteiger partial charge in [-0.2, -0.15) is 0 Å². The van der Waals surface area contributed by atoms with Gasteiger partial charge in [-0.25, -0.2) is 0 Å². The molecule has 3 N–H and O–H groups in total. The number of aliphatic hydroxyl groups is 2. The van der Waals surface area contributed by atoms with Crippen LogP contribution in [0.15, 0.2) is 23.5 Å². The Morgan fingerprint density at radius 3 is 2.76 bits per heavy atom. The fraction of sp³-hybridized carbons (Fsp3) is 0.792. The number of hydrogen-bond acceptors (Lipinski definition) is 4. The van der Waals surface area contributed by atoms with Gasteiger partial charge >= 0.3 is 5.97 Å². The second-order valence-electron chi connectivity index (χ2n) is 10.3. The average Bonchev–Trinajstić information content (AvgIpc) is 2.91. The Balaban J connectivity index is 1.65. The van der Waals surface area contributed by atoms with Crippen molar-refractivity contribution in [3.8, 4) is 0 Å². The van der Waals surface area contributed by atoms with Crippen molar-refractivity contribution in [2.75, 3.05) is 6.61 Å². The van der Waals surface area contributed by atoms with Crippen LogP contribution in [0.1, 0.15) is 72.1 Å². The third kappa shape index (κ3) is 3.07. The molecule has 4 aliphatic carbocycles. The first-order valence-corrected chi connectivity index (χ1v) is 11.3. The Bertz CT molecular complexity index is 742. The van der Waals surface area contributed by atoms with Gasteiger partial charge in [0.05, 0.1) is 24.1 Å². The van der Waals surface area contributed by atoms with Gasteiger partial charge in [-0.05, 0) is 80.3 Å². The molecular weight excluding hydrogens is 368 g/mol. The quantitative estimate of drug-likeness (QED) is 0.644. The fourth-order valence-corrected chi connectivity index (χ4v) is 7.55. The van der Waals surface area contributed by atoms with Crippen LogP contribution < -0.4 is 0 Å². The molecule has 0 amide bonds. The molecule has 5 nitrogen and oxygen atoms in total. The van der Waals surface area contributed by atoms with E-state index in [1.807, 2.05) is 6.92 Å². The van der Waals surface area contributed by atoms with Gasteiger partial charge in [0.25, 0.3) is 0 Å². The summed E-state index contributed by atoms with van der Waals surface area (Å²) in [7, 11) is 0. The molecule has 2 saturated carbocycles. The highest BCUT2D eigenvalue weighted by Gasteiger charge is 2.65. The van der Waals surface area contributed by atoms with Crippen molar-refractivity contribution in [1.82, 2.24) is 0 Å². The third-order valence-electron chi connectivity index (χ3n) is 9.07. The van der Waals surface area contributed by atoms with Crippen LogP contribution >= 0.6 is 0 Å². The van der Waals surface area contributed by atoms with Crippen LogP contribution in [0.2, 0.25) is 0 Å². The molecule has 0 aromatic carbocycles. The molecule has 0 radical (unpaired) electrons. The predicted molar refractivity (Wildman–Crippen MR) is 110 cm³/mol. The zero-order chi connectivity index (χ0) is 21.0. The minimum atomic E-state index is -0.999. The van der Waals surface area contributed by atoms with E-state index in [1.165, 1.54) is 5.57 Å². The van der Waals surface area contributed by atoms with E-state index >= 15 is 0 Å². The Hall–Kier alpha value is -1.33. The summed E-state index contributed by atoms with van der Waals surface area (Å²) in [6.45, 7) is 7.09. The van der Waals surface area contributed by atoms with Crippen LogP contribution in [0, 0.1) is 28.6 Å². The van der Waals surface area contributed by atoms with Crippen molar-refractivity contribution in [1.29, 1.82) is 0 Å². The van der Waals surface area contributed by atoms with Crippen molar-refractivity contribution in [2.24, 2.45) is 28.6 Å². The molecule has 0 unspecified atom stereocenters. The number of hydrogen-bond donors (Lipinski definition) is 3. The molecule has 162 valence electrons. The lowest BCUT2D eigenvalue weighted by Crippen LogP contribution is -2.59. The fourth-order valence-electron chi connectivity index (χ4n) is 7.55. The summed E-state index contributed by atoms with van der Waals surface area (Å²) in [5, 5.41) is 32.0. The van der Waals surface area contributed by atoms with Crippen LogP contribution in [0.3, 0.4) is 0 Å². The van der Waals surface area contributed by atoms with E-state index in [2.05, 4.69) is 26.0 Å². The number of aliphatic carboxylic acids is 1. The number of carbonyl (C=O) groups is 1. The number of carboxylic acid groups (broad SMARTS) is 1. The van der Waals surface area contributed by atoms with Crippen LogP contribution in [-0.2, 0) is 9.53 Å². The van der Waals surface area contributed by atoms with Gasteiger partial charge < -0.3 is 20.1 Å². The van der Waals surface area contributed by atoms with Gasteiger partial charge in [-0.1, -0.05) is 19.9 Å². The van der Waals surface area contributed by atoms with E-state index in [0.29, 0.717) is 31.3 Å². The summed E-state index contributed by atoms with van der Waals surface area (Å²) in [6.07, 6.45) is 9.22. The molecule has 0 bridgehead atoms. The van der Waals surface area contributed by atoms with E-state index < -0.39 is 23.1 Å². The van der Waals surface area contributed by atoms with Crippen molar-refractivity contribution in [3.63, 3.8) is 0 Å². The van der Waals surface area contributed by atoms with Crippen LogP contribution in [-0.4, -0.2) is 39.6 Å². The second kappa shape index (κ2) is 7.12. The molecule has 4 aliphatic rings. The number of aliphatic hydroxyl groups excluding tert-OH is 1. The van der Waals surface area contributed by atoms with E-state index in [4.69, 9.17) is 9.84 Å². The summed E-state index contributed by atoms with van der Waals surface area (Å²) < 4.78 is 5.78. The van der Waals surface area contributed by atoms with Gasteiger partial charge in [-0.15, -0.1) is 0 Å². The average molecular weight is 405 g/mol. The lowest BCUT2D eigenvalue weighted by atomic mass is 9.46. The van der Waals surface area contributed by atoms with Crippen LogP contribution in [0.4, 0.5) is 0 Å². The Morgan fingerprint density at radius 1 is 1.31 bits per heavy atom. The first-order chi connectivity index (χ1) is 13.6. The summed E-state index contributed by atoms with van der Waals surface area (Å²) in [5.74, 6) is 1.02. The van der Waals surface area contributed by atoms with Crippen molar-refractivity contribution in [3.05, 3.63) is 23.5 Å². The summed E-state index contributed by atoms with van der Waals surface area (Å²) >= 11 is 0. The molecule has 0 heterocycles. The Morgan fingerprint density at radius 2 is 2.07 bits per heavy atom. The van der Waals surface area contributed by atoms with Crippen LogP contribution in [0.5, 0.6) is 0 Å². The Labute approximate surface area is 173 Å². The maximum Gasteiger partial charge on any atom is 0.303 e. The zero-order valence-corrected chi connectivity index (χ0v) is 18.0. The third-order valence-corrected chi connectivity index (χ3v) is 9.07. The molecule has 7 atom stereocenters. The summed E-state index contributed by atoms with van der Waals surface area (Å²) in [5.41, 5.74) is -0.186. The number of allylic oxidation sites excluding steroid dienone is 4. The summed E-state index contributed by atoms with van der Waals surface area (Å²) in [6, 6.07) is 0. The highest BCUT2D eigenvalue weighted by Crippen LogP contribution is 2.67. The number of carboxylic acids is 1. The number of rotatable bonds is 5. The molecule has 0 aromatic heterocycles. The molecule has 29 heavy (non-hydrogen) atoms. The molecule has 0 spiro atoms. The van der Waals surface area contributed by atoms with Crippen molar-refractivity contribution in [2.45, 2.75) is 83.8 Å². The zero-order valence-electron chi connectivity index (χ0n) is 18.0. The molecule has 0 saturated heterocycles. The maximum atomic E-state index is 11.5. The van der Waals surface area contributed by atoms with E-state index in [9.17, 15) is 15.0 Å².